The van der Waals surface area contributed by atoms with E-state index >= 15 is 0 Å². The summed E-state index contributed by atoms with van der Waals surface area (Å²) in [5, 5.41) is 12.1. The molecule has 0 amide bonds. The van der Waals surface area contributed by atoms with Crippen LogP contribution in [0.15, 0.2) is 18.2 Å². The Hall–Kier alpha value is -0.930. The quantitative estimate of drug-likeness (QED) is 0.800. The Labute approximate surface area is 90.1 Å². The van der Waals surface area contributed by atoms with Gasteiger partial charge in [0.15, 0.2) is 0 Å². The van der Waals surface area contributed by atoms with Crippen LogP contribution in [0, 0.1) is 12.7 Å². The van der Waals surface area contributed by atoms with E-state index in [2.05, 4.69) is 5.32 Å². The van der Waals surface area contributed by atoms with Crippen molar-refractivity contribution in [3.63, 3.8) is 0 Å². The average molecular weight is 211 g/mol. The van der Waals surface area contributed by atoms with Crippen LogP contribution in [0.3, 0.4) is 0 Å². The third kappa shape index (κ3) is 3.29. The van der Waals surface area contributed by atoms with Gasteiger partial charge in [-0.3, -0.25) is 0 Å². The van der Waals surface area contributed by atoms with Gasteiger partial charge in [-0.05, 0) is 38.0 Å². The first kappa shape index (κ1) is 12.1. The van der Waals surface area contributed by atoms with Crippen LogP contribution in [0.4, 0.5) is 4.39 Å². The van der Waals surface area contributed by atoms with Crippen LogP contribution in [0.2, 0.25) is 0 Å². The second-order valence-corrected chi connectivity index (χ2v) is 3.98. The van der Waals surface area contributed by atoms with Gasteiger partial charge in [0, 0.05) is 12.1 Å². The van der Waals surface area contributed by atoms with Crippen molar-refractivity contribution in [2.45, 2.75) is 32.9 Å². The van der Waals surface area contributed by atoms with Gasteiger partial charge >= 0.3 is 0 Å². The largest absolute Gasteiger partial charge is 0.395 e. The predicted molar refractivity (Wildman–Crippen MR) is 59.2 cm³/mol. The molecule has 3 heteroatoms. The molecule has 0 saturated heterocycles. The summed E-state index contributed by atoms with van der Waals surface area (Å²) < 4.78 is 13.3. The number of hydrogen-bond acceptors (Lipinski definition) is 2. The highest BCUT2D eigenvalue weighted by Gasteiger charge is 2.09. The molecule has 2 N–H and O–H groups in total. The fraction of sp³-hybridized carbons (Fsp3) is 0.500. The third-order valence-electron chi connectivity index (χ3n) is 2.50. The first-order valence-corrected chi connectivity index (χ1v) is 5.17. The van der Waals surface area contributed by atoms with Crippen molar-refractivity contribution >= 4 is 0 Å². The van der Waals surface area contributed by atoms with Crippen LogP contribution >= 0.6 is 0 Å². The van der Waals surface area contributed by atoms with E-state index in [-0.39, 0.29) is 24.5 Å². The first-order chi connectivity index (χ1) is 7.04. The molecule has 0 heterocycles. The van der Waals surface area contributed by atoms with Crippen LogP contribution in [0.5, 0.6) is 0 Å². The highest BCUT2D eigenvalue weighted by Crippen LogP contribution is 2.16. The van der Waals surface area contributed by atoms with Gasteiger partial charge in [0.1, 0.15) is 5.82 Å². The van der Waals surface area contributed by atoms with E-state index < -0.39 is 0 Å². The zero-order valence-electron chi connectivity index (χ0n) is 9.42. The minimum absolute atomic E-state index is 0.0179. The second-order valence-electron chi connectivity index (χ2n) is 3.98. The molecule has 1 unspecified atom stereocenters. The SMILES string of the molecule is Cc1ccc(C(C)N[C@@H](C)CO)cc1F. The molecule has 0 bridgehead atoms. The molecule has 0 saturated carbocycles. The maximum atomic E-state index is 13.3. The number of benzene rings is 1. The smallest absolute Gasteiger partial charge is 0.126 e. The molecule has 0 fully saturated rings. The van der Waals surface area contributed by atoms with Crippen molar-refractivity contribution in [2.24, 2.45) is 0 Å². The van der Waals surface area contributed by atoms with Gasteiger partial charge in [-0.25, -0.2) is 4.39 Å². The Kier molecular flexibility index (Phi) is 4.24. The minimum Gasteiger partial charge on any atom is -0.395 e. The normalized spacial score (nSPS) is 15.0. The second kappa shape index (κ2) is 5.24. The topological polar surface area (TPSA) is 32.3 Å². The van der Waals surface area contributed by atoms with E-state index in [1.807, 2.05) is 19.9 Å². The molecular weight excluding hydrogens is 193 g/mol. The summed E-state index contributed by atoms with van der Waals surface area (Å²) in [7, 11) is 0. The highest BCUT2D eigenvalue weighted by molar-refractivity contribution is 5.25. The van der Waals surface area contributed by atoms with E-state index in [0.29, 0.717) is 5.56 Å². The molecule has 0 aliphatic carbocycles. The lowest BCUT2D eigenvalue weighted by molar-refractivity contribution is 0.243. The van der Waals surface area contributed by atoms with Crippen molar-refractivity contribution in [1.82, 2.24) is 5.32 Å². The van der Waals surface area contributed by atoms with Crippen molar-refractivity contribution in [3.05, 3.63) is 35.1 Å². The maximum absolute atomic E-state index is 13.3. The molecule has 2 atom stereocenters. The lowest BCUT2D eigenvalue weighted by atomic mass is 10.1. The number of aliphatic hydroxyl groups is 1. The molecule has 0 aliphatic heterocycles. The Morgan fingerprint density at radius 3 is 2.60 bits per heavy atom. The molecular formula is C12H18FNO. The van der Waals surface area contributed by atoms with Crippen LogP contribution in [0.25, 0.3) is 0 Å². The van der Waals surface area contributed by atoms with Crippen molar-refractivity contribution in [1.29, 1.82) is 0 Å². The summed E-state index contributed by atoms with van der Waals surface area (Å²) in [6.07, 6.45) is 0. The van der Waals surface area contributed by atoms with Crippen molar-refractivity contribution in [3.8, 4) is 0 Å². The summed E-state index contributed by atoms with van der Waals surface area (Å²) in [6.45, 7) is 5.67. The van der Waals surface area contributed by atoms with Gasteiger partial charge in [-0.1, -0.05) is 12.1 Å². The Morgan fingerprint density at radius 1 is 1.40 bits per heavy atom. The van der Waals surface area contributed by atoms with E-state index in [9.17, 15) is 4.39 Å². The molecule has 2 nitrogen and oxygen atoms in total. The molecule has 0 aliphatic rings. The maximum Gasteiger partial charge on any atom is 0.126 e. The van der Waals surface area contributed by atoms with Gasteiger partial charge in [0.05, 0.1) is 6.61 Å². The number of nitrogens with one attached hydrogen (secondary N) is 1. The molecule has 1 aromatic rings. The highest BCUT2D eigenvalue weighted by atomic mass is 19.1. The minimum atomic E-state index is -0.183. The number of rotatable bonds is 4. The van der Waals surface area contributed by atoms with Crippen molar-refractivity contribution < 1.29 is 9.50 Å². The van der Waals surface area contributed by atoms with Crippen LogP contribution in [0.1, 0.15) is 31.0 Å². The number of aryl methyl sites for hydroxylation is 1. The number of halogens is 1. The van der Waals surface area contributed by atoms with Crippen LogP contribution in [-0.2, 0) is 0 Å². The zero-order chi connectivity index (χ0) is 11.4. The number of hydrogen-bond donors (Lipinski definition) is 2. The average Bonchev–Trinajstić information content (AvgIpc) is 2.21. The summed E-state index contributed by atoms with van der Waals surface area (Å²) in [5.41, 5.74) is 1.56. The van der Waals surface area contributed by atoms with E-state index in [0.717, 1.165) is 5.56 Å². The molecule has 0 spiro atoms. The summed E-state index contributed by atoms with van der Waals surface area (Å²) in [4.78, 5) is 0. The van der Waals surface area contributed by atoms with Gasteiger partial charge < -0.3 is 10.4 Å². The van der Waals surface area contributed by atoms with Crippen molar-refractivity contribution in [2.75, 3.05) is 6.61 Å². The van der Waals surface area contributed by atoms with E-state index in [1.54, 1.807) is 13.0 Å². The zero-order valence-corrected chi connectivity index (χ0v) is 9.42. The van der Waals surface area contributed by atoms with Gasteiger partial charge in [-0.15, -0.1) is 0 Å². The van der Waals surface area contributed by atoms with Crippen LogP contribution < -0.4 is 5.32 Å². The predicted octanol–water partition coefficient (Wildman–Crippen LogP) is 2.17. The third-order valence-corrected chi connectivity index (χ3v) is 2.50. The fourth-order valence-electron chi connectivity index (χ4n) is 1.45. The van der Waals surface area contributed by atoms with E-state index in [4.69, 9.17) is 5.11 Å². The first-order valence-electron chi connectivity index (χ1n) is 5.17. The summed E-state index contributed by atoms with van der Waals surface area (Å²) in [6, 6.07) is 5.27. The molecule has 84 valence electrons. The summed E-state index contributed by atoms with van der Waals surface area (Å²) >= 11 is 0. The standard InChI is InChI=1S/C12H18FNO/c1-8-4-5-11(6-12(8)13)10(3)14-9(2)7-15/h4-6,9-10,14-15H,7H2,1-3H3/t9-,10?/m0/s1. The number of aliphatic hydroxyl groups excluding tert-OH is 1. The lowest BCUT2D eigenvalue weighted by Crippen LogP contribution is -2.31. The molecule has 15 heavy (non-hydrogen) atoms. The van der Waals surface area contributed by atoms with Gasteiger partial charge in [-0.2, -0.15) is 0 Å². The Balaban J connectivity index is 2.73. The van der Waals surface area contributed by atoms with Gasteiger partial charge in [0.25, 0.3) is 0 Å². The van der Waals surface area contributed by atoms with Gasteiger partial charge in [0.2, 0.25) is 0 Å². The molecule has 0 radical (unpaired) electrons. The van der Waals surface area contributed by atoms with E-state index in [1.165, 1.54) is 6.07 Å². The Bertz CT molecular complexity index is 327. The molecule has 1 rings (SSSR count). The monoisotopic (exact) mass is 211 g/mol. The molecule has 0 aromatic heterocycles. The molecule has 1 aromatic carbocycles. The Morgan fingerprint density at radius 2 is 2.07 bits per heavy atom. The lowest BCUT2D eigenvalue weighted by Gasteiger charge is -2.18. The van der Waals surface area contributed by atoms with Crippen LogP contribution in [-0.4, -0.2) is 17.8 Å². The fourth-order valence-corrected chi connectivity index (χ4v) is 1.45. The summed E-state index contributed by atoms with van der Waals surface area (Å²) in [5.74, 6) is -0.183.